The van der Waals surface area contributed by atoms with Gasteiger partial charge in [0, 0.05) is 43.7 Å². The number of aromatic nitrogens is 2. The average Bonchev–Trinajstić information content (AvgIpc) is 2.72. The van der Waals surface area contributed by atoms with E-state index in [4.69, 9.17) is 0 Å². The third-order valence-electron chi connectivity index (χ3n) is 3.10. The van der Waals surface area contributed by atoms with Crippen LogP contribution < -0.4 is 0 Å². The molecule has 0 saturated carbocycles. The largest absolute Gasteiger partial charge is 0.361 e. The minimum Gasteiger partial charge on any atom is -0.361 e. The summed E-state index contributed by atoms with van der Waals surface area (Å²) in [5.74, 6) is 0. The Bertz CT molecular complexity index is 636. The molecule has 0 bridgehead atoms. The number of hydrogen-bond donors (Lipinski definition) is 1. The molecule has 92 valence electrons. The summed E-state index contributed by atoms with van der Waals surface area (Å²) in [5.41, 5.74) is 4.64. The molecule has 3 rings (SSSR count). The molecule has 0 aromatic carbocycles. The summed E-state index contributed by atoms with van der Waals surface area (Å²) in [4.78, 5) is 14.0. The van der Waals surface area contributed by atoms with Crippen LogP contribution in [0.3, 0.4) is 0 Å². The summed E-state index contributed by atoms with van der Waals surface area (Å²) in [7, 11) is 2.04. The molecule has 2 aromatic rings. The number of H-pyrrole nitrogens is 1. The molecular formula is C14H16N4. The van der Waals surface area contributed by atoms with E-state index in [9.17, 15) is 0 Å². The van der Waals surface area contributed by atoms with Crippen molar-refractivity contribution in [1.29, 1.82) is 0 Å². The molecular weight excluding hydrogens is 224 g/mol. The molecule has 4 nitrogen and oxygen atoms in total. The first-order chi connectivity index (χ1) is 8.72. The first-order valence-corrected chi connectivity index (χ1v) is 6.06. The molecule has 0 unspecified atom stereocenters. The van der Waals surface area contributed by atoms with E-state index < -0.39 is 0 Å². The van der Waals surface area contributed by atoms with Crippen LogP contribution >= 0.6 is 0 Å². The van der Waals surface area contributed by atoms with Gasteiger partial charge >= 0.3 is 0 Å². The third kappa shape index (κ3) is 2.01. The van der Waals surface area contributed by atoms with E-state index in [0.717, 1.165) is 18.7 Å². The minimum absolute atomic E-state index is 0.748. The predicted molar refractivity (Wildman–Crippen MR) is 73.7 cm³/mol. The molecule has 0 saturated heterocycles. The lowest BCUT2D eigenvalue weighted by atomic mass is 10.1. The van der Waals surface area contributed by atoms with Crippen LogP contribution in [0, 0.1) is 6.92 Å². The van der Waals surface area contributed by atoms with Gasteiger partial charge in [-0.05, 0) is 29.7 Å². The van der Waals surface area contributed by atoms with E-state index in [1.165, 1.54) is 22.1 Å². The first kappa shape index (κ1) is 11.0. The molecule has 3 heterocycles. The van der Waals surface area contributed by atoms with E-state index in [0.29, 0.717) is 0 Å². The topological polar surface area (TPSA) is 44.3 Å². The van der Waals surface area contributed by atoms with Crippen LogP contribution in [0.2, 0.25) is 0 Å². The van der Waals surface area contributed by atoms with Crippen molar-refractivity contribution in [3.8, 4) is 0 Å². The minimum atomic E-state index is 0.748. The summed E-state index contributed by atoms with van der Waals surface area (Å²) >= 11 is 0. The van der Waals surface area contributed by atoms with Gasteiger partial charge in [0.2, 0.25) is 0 Å². The fourth-order valence-electron chi connectivity index (χ4n) is 2.26. The Balaban J connectivity index is 1.95. The Morgan fingerprint density at radius 1 is 1.44 bits per heavy atom. The number of aliphatic imine (C=N–C) groups is 1. The van der Waals surface area contributed by atoms with Gasteiger partial charge in [0.15, 0.2) is 0 Å². The zero-order valence-corrected chi connectivity index (χ0v) is 10.6. The highest BCUT2D eigenvalue weighted by molar-refractivity contribution is 5.84. The van der Waals surface area contributed by atoms with Crippen molar-refractivity contribution >= 4 is 17.2 Å². The number of rotatable bonds is 2. The van der Waals surface area contributed by atoms with Crippen LogP contribution in [-0.4, -0.2) is 34.8 Å². The monoisotopic (exact) mass is 240 g/mol. The van der Waals surface area contributed by atoms with Crippen molar-refractivity contribution < 1.29 is 0 Å². The summed E-state index contributed by atoms with van der Waals surface area (Å²) in [5, 5.41) is 1.21. The lowest BCUT2D eigenvalue weighted by Crippen LogP contribution is -2.16. The van der Waals surface area contributed by atoms with Crippen LogP contribution in [0.25, 0.3) is 11.0 Å². The second-order valence-corrected chi connectivity index (χ2v) is 4.81. The van der Waals surface area contributed by atoms with Crippen molar-refractivity contribution in [2.24, 2.45) is 4.99 Å². The van der Waals surface area contributed by atoms with Gasteiger partial charge in [-0.3, -0.25) is 4.99 Å². The Morgan fingerprint density at radius 3 is 3.17 bits per heavy atom. The number of aromatic amines is 1. The molecule has 0 aliphatic carbocycles. The fourth-order valence-corrected chi connectivity index (χ4v) is 2.26. The lowest BCUT2D eigenvalue weighted by molar-refractivity contribution is 0.465. The van der Waals surface area contributed by atoms with Gasteiger partial charge in [0.05, 0.1) is 0 Å². The molecule has 1 N–H and O–H groups in total. The molecule has 1 aliphatic rings. The van der Waals surface area contributed by atoms with E-state index >= 15 is 0 Å². The Hall–Kier alpha value is -2.10. The number of nitrogens with zero attached hydrogens (tertiary/aromatic N) is 3. The van der Waals surface area contributed by atoms with Gasteiger partial charge in [-0.2, -0.15) is 0 Å². The van der Waals surface area contributed by atoms with Gasteiger partial charge in [-0.25, -0.2) is 4.98 Å². The normalized spacial score (nSPS) is 15.2. The SMILES string of the molecule is Cc1cnc2[nH]cc(CC3=CN(C)CN=C3)c2c1. The summed E-state index contributed by atoms with van der Waals surface area (Å²) < 4.78 is 0. The van der Waals surface area contributed by atoms with Gasteiger partial charge in [-0.15, -0.1) is 0 Å². The number of nitrogens with one attached hydrogen (secondary N) is 1. The van der Waals surface area contributed by atoms with E-state index in [2.05, 4.69) is 39.1 Å². The molecule has 4 heteroatoms. The molecule has 1 aliphatic heterocycles. The molecule has 18 heavy (non-hydrogen) atoms. The van der Waals surface area contributed by atoms with Gasteiger partial charge in [0.25, 0.3) is 0 Å². The van der Waals surface area contributed by atoms with Crippen molar-refractivity contribution in [2.45, 2.75) is 13.3 Å². The second kappa shape index (κ2) is 4.29. The summed E-state index contributed by atoms with van der Waals surface area (Å²) in [6, 6.07) is 2.18. The van der Waals surface area contributed by atoms with Gasteiger partial charge in [-0.1, -0.05) is 0 Å². The number of hydrogen-bond acceptors (Lipinski definition) is 3. The molecule has 0 fully saturated rings. The molecule has 0 spiro atoms. The highest BCUT2D eigenvalue weighted by Crippen LogP contribution is 2.20. The van der Waals surface area contributed by atoms with Crippen LogP contribution in [-0.2, 0) is 6.42 Å². The Morgan fingerprint density at radius 2 is 2.33 bits per heavy atom. The van der Waals surface area contributed by atoms with Crippen LogP contribution in [0.1, 0.15) is 11.1 Å². The van der Waals surface area contributed by atoms with Crippen molar-refractivity contribution in [3.05, 3.63) is 41.4 Å². The van der Waals surface area contributed by atoms with Crippen molar-refractivity contribution in [2.75, 3.05) is 13.7 Å². The quantitative estimate of drug-likeness (QED) is 0.875. The van der Waals surface area contributed by atoms with Crippen LogP contribution in [0.5, 0.6) is 0 Å². The standard InChI is InChI=1S/C14H16N4/c1-10-3-13-12(7-17-14(13)16-5-10)4-11-6-15-9-18(2)8-11/h3,5-8H,4,9H2,1-2H3,(H,16,17). The van der Waals surface area contributed by atoms with E-state index in [1.54, 1.807) is 0 Å². The first-order valence-electron chi connectivity index (χ1n) is 6.06. The molecule has 0 atom stereocenters. The van der Waals surface area contributed by atoms with Crippen molar-refractivity contribution in [3.63, 3.8) is 0 Å². The number of allylic oxidation sites excluding steroid dienone is 1. The zero-order valence-electron chi connectivity index (χ0n) is 10.6. The van der Waals surface area contributed by atoms with Crippen LogP contribution in [0.15, 0.2) is 35.2 Å². The van der Waals surface area contributed by atoms with E-state index in [1.807, 2.05) is 25.7 Å². The van der Waals surface area contributed by atoms with E-state index in [-0.39, 0.29) is 0 Å². The molecule has 0 radical (unpaired) electrons. The highest BCUT2D eigenvalue weighted by Gasteiger charge is 2.08. The zero-order chi connectivity index (χ0) is 12.5. The average molecular weight is 240 g/mol. The lowest BCUT2D eigenvalue weighted by Gasteiger charge is -2.16. The van der Waals surface area contributed by atoms with Crippen molar-refractivity contribution in [1.82, 2.24) is 14.9 Å². The third-order valence-corrected chi connectivity index (χ3v) is 3.10. The second-order valence-electron chi connectivity index (χ2n) is 4.81. The maximum atomic E-state index is 4.39. The Kier molecular flexibility index (Phi) is 2.63. The van der Waals surface area contributed by atoms with Gasteiger partial charge in [0.1, 0.15) is 12.3 Å². The fraction of sp³-hybridized carbons (Fsp3) is 0.286. The summed E-state index contributed by atoms with van der Waals surface area (Å²) in [6.45, 7) is 2.82. The predicted octanol–water partition coefficient (Wildman–Crippen LogP) is 2.27. The summed E-state index contributed by atoms with van der Waals surface area (Å²) in [6.07, 6.45) is 8.92. The maximum absolute atomic E-state index is 4.39. The smallest absolute Gasteiger partial charge is 0.137 e. The Labute approximate surface area is 106 Å². The number of pyridine rings is 1. The number of fused-ring (bicyclic) bond motifs is 1. The van der Waals surface area contributed by atoms with Crippen LogP contribution in [0.4, 0.5) is 0 Å². The maximum Gasteiger partial charge on any atom is 0.137 e. The molecule has 0 amide bonds. The van der Waals surface area contributed by atoms with Gasteiger partial charge < -0.3 is 9.88 Å². The highest BCUT2D eigenvalue weighted by atomic mass is 15.2. The molecule has 2 aromatic heterocycles. The number of aryl methyl sites for hydroxylation is 1.